The van der Waals surface area contributed by atoms with Crippen molar-refractivity contribution >= 4 is 17.5 Å². The number of ketones is 1. The van der Waals surface area contributed by atoms with Crippen LogP contribution in [0.4, 0.5) is 0 Å². The first-order chi connectivity index (χ1) is 5.83. The van der Waals surface area contributed by atoms with Gasteiger partial charge in [0.1, 0.15) is 5.78 Å². The summed E-state index contributed by atoms with van der Waals surface area (Å²) < 4.78 is 0.201. The second-order valence-corrected chi connectivity index (χ2v) is 5.49. The van der Waals surface area contributed by atoms with Gasteiger partial charge in [-0.3, -0.25) is 4.79 Å². The van der Waals surface area contributed by atoms with Gasteiger partial charge in [0.15, 0.2) is 0 Å². The fraction of sp³-hybridized carbons (Fsp3) is 0.900. The van der Waals surface area contributed by atoms with E-state index < -0.39 is 0 Å². The summed E-state index contributed by atoms with van der Waals surface area (Å²) in [7, 11) is 0. The van der Waals surface area contributed by atoms with Gasteiger partial charge in [0.2, 0.25) is 0 Å². The molecule has 0 fully saturated rings. The number of rotatable bonds is 3. The van der Waals surface area contributed by atoms with Crippen molar-refractivity contribution in [2.24, 2.45) is 5.73 Å². The summed E-state index contributed by atoms with van der Waals surface area (Å²) in [6.45, 7) is 11.9. The molecule has 0 saturated heterocycles. The van der Waals surface area contributed by atoms with Crippen molar-refractivity contribution < 1.29 is 4.79 Å². The van der Waals surface area contributed by atoms with E-state index in [1.165, 1.54) is 6.92 Å². The molecule has 2 N–H and O–H groups in total. The van der Waals surface area contributed by atoms with Crippen molar-refractivity contribution in [1.82, 2.24) is 0 Å². The Morgan fingerprint density at radius 1 is 1.38 bits per heavy atom. The smallest absolute Gasteiger partial charge is 0.147 e. The molecular formula is C10H23NOS. The maximum atomic E-state index is 10.7. The summed E-state index contributed by atoms with van der Waals surface area (Å²) in [4.78, 5) is 10.7. The zero-order chi connectivity index (χ0) is 11.1. The minimum Gasteiger partial charge on any atom is -0.321 e. The first-order valence-electron chi connectivity index (χ1n) is 4.73. The fourth-order valence-corrected chi connectivity index (χ4v) is 1.37. The molecular weight excluding hydrogens is 182 g/mol. The van der Waals surface area contributed by atoms with Crippen LogP contribution in [0, 0.1) is 0 Å². The highest BCUT2D eigenvalue weighted by molar-refractivity contribution is 8.00. The molecule has 1 unspecified atom stereocenters. The summed E-state index contributed by atoms with van der Waals surface area (Å²) in [6.07, 6.45) is 0. The van der Waals surface area contributed by atoms with E-state index in [4.69, 9.17) is 5.73 Å². The molecule has 3 heteroatoms. The van der Waals surface area contributed by atoms with Crippen molar-refractivity contribution in [2.45, 2.75) is 52.3 Å². The number of Topliss-reactive ketones (excluding diaryl/α,β-unsaturated/α-hetero) is 1. The van der Waals surface area contributed by atoms with Gasteiger partial charge in [0.05, 0.1) is 6.04 Å². The Hall–Kier alpha value is -0.0200. The molecule has 0 heterocycles. The minimum atomic E-state index is -0.292. The van der Waals surface area contributed by atoms with Crippen LogP contribution in [-0.4, -0.2) is 22.3 Å². The van der Waals surface area contributed by atoms with Crippen LogP contribution in [0.5, 0.6) is 0 Å². The second-order valence-electron chi connectivity index (χ2n) is 3.64. The zero-order valence-corrected chi connectivity index (χ0v) is 10.5. The van der Waals surface area contributed by atoms with Crippen LogP contribution < -0.4 is 5.73 Å². The Morgan fingerprint density at radius 2 is 1.77 bits per heavy atom. The van der Waals surface area contributed by atoms with Gasteiger partial charge in [-0.1, -0.05) is 34.6 Å². The Labute approximate surface area is 86.7 Å². The first kappa shape index (κ1) is 15.5. The van der Waals surface area contributed by atoms with Crippen LogP contribution in [-0.2, 0) is 4.79 Å². The van der Waals surface area contributed by atoms with E-state index in [1.807, 2.05) is 13.8 Å². The quantitative estimate of drug-likeness (QED) is 0.769. The number of carbonyl (C=O) groups is 1. The number of carbonyl (C=O) groups excluding carboxylic acids is 1. The highest BCUT2D eigenvalue weighted by atomic mass is 32.2. The molecule has 0 aromatic heterocycles. The van der Waals surface area contributed by atoms with E-state index >= 15 is 0 Å². The van der Waals surface area contributed by atoms with E-state index in [1.54, 1.807) is 11.8 Å². The molecule has 0 saturated carbocycles. The molecule has 0 bridgehead atoms. The summed E-state index contributed by atoms with van der Waals surface area (Å²) in [5, 5.41) is 0. The molecule has 2 nitrogen and oxygen atoms in total. The highest BCUT2D eigenvalue weighted by Gasteiger charge is 2.15. The van der Waals surface area contributed by atoms with Crippen molar-refractivity contribution in [3.05, 3.63) is 0 Å². The third-order valence-corrected chi connectivity index (χ3v) is 2.61. The maximum Gasteiger partial charge on any atom is 0.147 e. The Kier molecular flexibility index (Phi) is 8.78. The Balaban J connectivity index is 0. The number of thioether (sulfide) groups is 1. The normalized spacial score (nSPS) is 12.8. The molecule has 0 aliphatic carbocycles. The largest absolute Gasteiger partial charge is 0.321 e. The molecule has 0 aliphatic heterocycles. The van der Waals surface area contributed by atoms with E-state index in [2.05, 4.69) is 20.8 Å². The lowest BCUT2D eigenvalue weighted by atomic mass is 10.2. The van der Waals surface area contributed by atoms with Gasteiger partial charge in [0, 0.05) is 10.5 Å². The van der Waals surface area contributed by atoms with E-state index in [0.717, 1.165) is 5.75 Å². The Morgan fingerprint density at radius 3 is 2.00 bits per heavy atom. The molecule has 0 spiro atoms. The average molecular weight is 205 g/mol. The third kappa shape index (κ3) is 12.0. The van der Waals surface area contributed by atoms with Crippen LogP contribution in [0.3, 0.4) is 0 Å². The van der Waals surface area contributed by atoms with Crippen LogP contribution >= 0.6 is 11.8 Å². The van der Waals surface area contributed by atoms with Gasteiger partial charge in [-0.05, 0) is 6.92 Å². The van der Waals surface area contributed by atoms with E-state index in [9.17, 15) is 4.79 Å². The average Bonchev–Trinajstić information content (AvgIpc) is 2.02. The molecule has 1 atom stereocenters. The number of hydrogen-bond donors (Lipinski definition) is 1. The standard InChI is InChI=1S/C8H17NOS.C2H6/c1-6(10)7(9)5-11-8(2,3)4;1-2/h7H,5,9H2,1-4H3;1-2H3. The molecule has 0 amide bonds. The lowest BCUT2D eigenvalue weighted by Crippen LogP contribution is -2.32. The number of hydrogen-bond acceptors (Lipinski definition) is 3. The van der Waals surface area contributed by atoms with Gasteiger partial charge < -0.3 is 5.73 Å². The van der Waals surface area contributed by atoms with E-state index in [-0.39, 0.29) is 16.6 Å². The van der Waals surface area contributed by atoms with Crippen molar-refractivity contribution in [2.75, 3.05) is 5.75 Å². The predicted octanol–water partition coefficient (Wildman–Crippen LogP) is 2.46. The molecule has 80 valence electrons. The summed E-state index contributed by atoms with van der Waals surface area (Å²) in [5.74, 6) is 0.792. The first-order valence-corrected chi connectivity index (χ1v) is 5.71. The van der Waals surface area contributed by atoms with E-state index in [0.29, 0.717) is 0 Å². The van der Waals surface area contributed by atoms with Crippen molar-refractivity contribution in [3.63, 3.8) is 0 Å². The number of nitrogens with two attached hydrogens (primary N) is 1. The lowest BCUT2D eigenvalue weighted by molar-refractivity contribution is -0.117. The highest BCUT2D eigenvalue weighted by Crippen LogP contribution is 2.23. The van der Waals surface area contributed by atoms with Gasteiger partial charge in [-0.25, -0.2) is 0 Å². The monoisotopic (exact) mass is 205 g/mol. The molecule has 0 aromatic carbocycles. The topological polar surface area (TPSA) is 43.1 Å². The van der Waals surface area contributed by atoms with Crippen LogP contribution in [0.15, 0.2) is 0 Å². The molecule has 0 aliphatic rings. The SMILES string of the molecule is CC.CC(=O)C(N)CSC(C)(C)C. The summed E-state index contributed by atoms with van der Waals surface area (Å²) >= 11 is 1.72. The van der Waals surface area contributed by atoms with Gasteiger partial charge >= 0.3 is 0 Å². The minimum absolute atomic E-state index is 0.0711. The maximum absolute atomic E-state index is 10.7. The molecule has 0 aromatic rings. The third-order valence-electron chi connectivity index (χ3n) is 1.22. The Bertz CT molecular complexity index is 140. The van der Waals surface area contributed by atoms with Crippen LogP contribution in [0.1, 0.15) is 41.5 Å². The predicted molar refractivity (Wildman–Crippen MR) is 62.2 cm³/mol. The van der Waals surface area contributed by atoms with Gasteiger partial charge in [-0.15, -0.1) is 0 Å². The summed E-state index contributed by atoms with van der Waals surface area (Å²) in [5.41, 5.74) is 5.55. The van der Waals surface area contributed by atoms with Crippen LogP contribution in [0.25, 0.3) is 0 Å². The second kappa shape index (κ2) is 7.39. The van der Waals surface area contributed by atoms with Crippen molar-refractivity contribution in [3.8, 4) is 0 Å². The summed E-state index contributed by atoms with van der Waals surface area (Å²) in [6, 6.07) is -0.292. The molecule has 0 radical (unpaired) electrons. The molecule has 13 heavy (non-hydrogen) atoms. The van der Waals surface area contributed by atoms with Crippen LogP contribution in [0.2, 0.25) is 0 Å². The molecule has 0 rings (SSSR count). The lowest BCUT2D eigenvalue weighted by Gasteiger charge is -2.19. The zero-order valence-electron chi connectivity index (χ0n) is 9.68. The van der Waals surface area contributed by atoms with Gasteiger partial charge in [-0.2, -0.15) is 11.8 Å². The van der Waals surface area contributed by atoms with Crippen molar-refractivity contribution in [1.29, 1.82) is 0 Å². The van der Waals surface area contributed by atoms with Gasteiger partial charge in [0.25, 0.3) is 0 Å². The fourth-order valence-electron chi connectivity index (χ4n) is 0.457.